The van der Waals surface area contributed by atoms with Gasteiger partial charge in [0.2, 0.25) is 5.91 Å². The molecule has 0 aromatic heterocycles. The van der Waals surface area contributed by atoms with Crippen LogP contribution in [-0.2, 0) is 4.79 Å². The molecule has 1 saturated heterocycles. The van der Waals surface area contributed by atoms with Gasteiger partial charge >= 0.3 is 0 Å². The number of amides is 2. The quantitative estimate of drug-likeness (QED) is 0.804. The van der Waals surface area contributed by atoms with Gasteiger partial charge in [0.15, 0.2) is 0 Å². The summed E-state index contributed by atoms with van der Waals surface area (Å²) < 4.78 is 13.7. The highest BCUT2D eigenvalue weighted by Crippen LogP contribution is 2.25. The summed E-state index contributed by atoms with van der Waals surface area (Å²) in [6.07, 6.45) is 2.02. The number of nitrogens with one attached hydrogen (secondary N) is 1. The van der Waals surface area contributed by atoms with Gasteiger partial charge in [-0.2, -0.15) is 0 Å². The van der Waals surface area contributed by atoms with Crippen molar-refractivity contribution in [2.24, 2.45) is 0 Å². The highest BCUT2D eigenvalue weighted by Gasteiger charge is 2.24. The predicted molar refractivity (Wildman–Crippen MR) is 102 cm³/mol. The second-order valence-corrected chi connectivity index (χ2v) is 7.28. The lowest BCUT2D eigenvalue weighted by Gasteiger charge is -2.19. The van der Waals surface area contributed by atoms with E-state index < -0.39 is 0 Å². The van der Waals surface area contributed by atoms with Gasteiger partial charge in [0.25, 0.3) is 5.91 Å². The number of likely N-dealkylation sites (tertiary alicyclic amines) is 1. The number of aryl methyl sites for hydroxylation is 1. The van der Waals surface area contributed by atoms with Gasteiger partial charge in [0.1, 0.15) is 5.82 Å². The van der Waals surface area contributed by atoms with Gasteiger partial charge in [0, 0.05) is 18.0 Å². The van der Waals surface area contributed by atoms with E-state index in [0.29, 0.717) is 16.1 Å². The fourth-order valence-corrected chi connectivity index (χ4v) is 3.76. The van der Waals surface area contributed by atoms with E-state index >= 15 is 0 Å². The van der Waals surface area contributed by atoms with Crippen molar-refractivity contribution >= 4 is 29.3 Å². The predicted octanol–water partition coefficient (Wildman–Crippen LogP) is 4.10. The first-order valence-corrected chi connectivity index (χ1v) is 9.61. The largest absolute Gasteiger partial charge is 0.339 e. The molecular formula is C20H21FN2O2S. The number of hydrogen-bond donors (Lipinski definition) is 1. The third-order valence-electron chi connectivity index (χ3n) is 4.35. The number of nitrogens with zero attached hydrogens (tertiary/aromatic N) is 1. The molecule has 0 spiro atoms. The Balaban J connectivity index is 1.71. The van der Waals surface area contributed by atoms with Gasteiger partial charge in [0.05, 0.1) is 17.0 Å². The molecule has 0 saturated carbocycles. The van der Waals surface area contributed by atoms with Crippen LogP contribution in [0.25, 0.3) is 0 Å². The fourth-order valence-electron chi connectivity index (χ4n) is 3.03. The van der Waals surface area contributed by atoms with Crippen LogP contribution in [0, 0.1) is 12.7 Å². The van der Waals surface area contributed by atoms with Crippen LogP contribution in [-0.4, -0.2) is 35.6 Å². The van der Waals surface area contributed by atoms with Crippen LogP contribution in [0.4, 0.5) is 10.1 Å². The number of hydrogen-bond acceptors (Lipinski definition) is 3. The van der Waals surface area contributed by atoms with Crippen LogP contribution in [0.15, 0.2) is 47.4 Å². The standard InChI is InChI=1S/C20H21FN2O2S/c1-14-7-6-9-16(19(14)20(25)23-11-4-5-12-23)22-18(24)13-26-17-10-3-2-8-15(17)21/h2-3,6-10H,4-5,11-13H2,1H3,(H,22,24). The highest BCUT2D eigenvalue weighted by atomic mass is 32.2. The Labute approximate surface area is 156 Å². The number of benzene rings is 2. The summed E-state index contributed by atoms with van der Waals surface area (Å²) >= 11 is 1.14. The van der Waals surface area contributed by atoms with E-state index in [1.54, 1.807) is 24.3 Å². The maximum Gasteiger partial charge on any atom is 0.256 e. The second-order valence-electron chi connectivity index (χ2n) is 6.26. The molecule has 3 rings (SSSR count). The van der Waals surface area contributed by atoms with Gasteiger partial charge < -0.3 is 10.2 Å². The summed E-state index contributed by atoms with van der Waals surface area (Å²) in [7, 11) is 0. The van der Waals surface area contributed by atoms with E-state index in [-0.39, 0.29) is 23.4 Å². The first-order valence-electron chi connectivity index (χ1n) is 8.62. The van der Waals surface area contributed by atoms with Crippen molar-refractivity contribution in [3.8, 4) is 0 Å². The minimum Gasteiger partial charge on any atom is -0.339 e. The molecule has 4 nitrogen and oxygen atoms in total. The second kappa shape index (κ2) is 8.36. The van der Waals surface area contributed by atoms with Crippen molar-refractivity contribution in [2.45, 2.75) is 24.7 Å². The zero-order chi connectivity index (χ0) is 18.5. The molecule has 0 unspecified atom stereocenters. The smallest absolute Gasteiger partial charge is 0.256 e. The van der Waals surface area contributed by atoms with Gasteiger partial charge in [-0.05, 0) is 43.5 Å². The summed E-state index contributed by atoms with van der Waals surface area (Å²) in [5.74, 6) is -0.575. The molecule has 136 valence electrons. The van der Waals surface area contributed by atoms with E-state index in [2.05, 4.69) is 5.32 Å². The number of anilines is 1. The van der Waals surface area contributed by atoms with Crippen molar-refractivity contribution in [1.82, 2.24) is 4.90 Å². The number of halogens is 1. The molecule has 1 fully saturated rings. The Kier molecular flexibility index (Phi) is 5.93. The minimum absolute atomic E-state index is 0.0438. The summed E-state index contributed by atoms with van der Waals surface area (Å²) in [6, 6.07) is 11.8. The van der Waals surface area contributed by atoms with Crippen molar-refractivity contribution < 1.29 is 14.0 Å². The van der Waals surface area contributed by atoms with E-state index in [9.17, 15) is 14.0 Å². The van der Waals surface area contributed by atoms with Crippen LogP contribution in [0.5, 0.6) is 0 Å². The Hall–Kier alpha value is -2.34. The summed E-state index contributed by atoms with van der Waals surface area (Å²) in [5, 5.41) is 2.82. The molecule has 1 heterocycles. The molecule has 0 atom stereocenters. The number of carbonyl (C=O) groups is 2. The van der Waals surface area contributed by atoms with Gasteiger partial charge in [-0.25, -0.2) is 4.39 Å². The average Bonchev–Trinajstić information content (AvgIpc) is 3.15. The molecule has 0 aliphatic carbocycles. The lowest BCUT2D eigenvalue weighted by molar-refractivity contribution is -0.113. The fraction of sp³-hybridized carbons (Fsp3) is 0.300. The molecule has 0 bridgehead atoms. The van der Waals surface area contributed by atoms with Crippen LogP contribution in [0.1, 0.15) is 28.8 Å². The minimum atomic E-state index is -0.342. The first-order chi connectivity index (χ1) is 12.6. The third kappa shape index (κ3) is 4.25. The maximum atomic E-state index is 13.7. The van der Waals surface area contributed by atoms with Crippen LogP contribution >= 0.6 is 11.8 Å². The maximum absolute atomic E-state index is 13.7. The zero-order valence-electron chi connectivity index (χ0n) is 14.6. The average molecular weight is 372 g/mol. The number of thioether (sulfide) groups is 1. The Bertz CT molecular complexity index is 819. The third-order valence-corrected chi connectivity index (χ3v) is 5.40. The molecule has 26 heavy (non-hydrogen) atoms. The van der Waals surface area contributed by atoms with Crippen LogP contribution in [0.3, 0.4) is 0 Å². The normalized spacial score (nSPS) is 13.7. The topological polar surface area (TPSA) is 49.4 Å². The monoisotopic (exact) mass is 372 g/mol. The summed E-state index contributed by atoms with van der Waals surface area (Å²) in [5.41, 5.74) is 1.89. The van der Waals surface area contributed by atoms with Crippen molar-refractivity contribution in [2.75, 3.05) is 24.2 Å². The first kappa shape index (κ1) is 18.5. The van der Waals surface area contributed by atoms with E-state index in [1.165, 1.54) is 6.07 Å². The molecule has 6 heteroatoms. The van der Waals surface area contributed by atoms with Gasteiger partial charge in [-0.15, -0.1) is 11.8 Å². The molecule has 2 aromatic rings. The van der Waals surface area contributed by atoms with E-state index in [4.69, 9.17) is 0 Å². The Morgan fingerprint density at radius 1 is 1.12 bits per heavy atom. The molecule has 1 aliphatic heterocycles. The molecular weight excluding hydrogens is 351 g/mol. The van der Waals surface area contributed by atoms with E-state index in [0.717, 1.165) is 43.3 Å². The van der Waals surface area contributed by atoms with Gasteiger partial charge in [-0.3, -0.25) is 9.59 Å². The van der Waals surface area contributed by atoms with Gasteiger partial charge in [-0.1, -0.05) is 24.3 Å². The van der Waals surface area contributed by atoms with Crippen molar-refractivity contribution in [3.05, 3.63) is 59.4 Å². The molecule has 1 N–H and O–H groups in total. The van der Waals surface area contributed by atoms with Crippen molar-refractivity contribution in [1.29, 1.82) is 0 Å². The summed E-state index contributed by atoms with van der Waals surface area (Å²) in [6.45, 7) is 3.38. The zero-order valence-corrected chi connectivity index (χ0v) is 15.4. The molecule has 1 aliphatic rings. The molecule has 0 radical (unpaired) electrons. The highest BCUT2D eigenvalue weighted by molar-refractivity contribution is 8.00. The Morgan fingerprint density at radius 3 is 2.58 bits per heavy atom. The van der Waals surface area contributed by atoms with E-state index in [1.807, 2.05) is 24.0 Å². The van der Waals surface area contributed by atoms with Crippen LogP contribution in [0.2, 0.25) is 0 Å². The SMILES string of the molecule is Cc1cccc(NC(=O)CSc2ccccc2F)c1C(=O)N1CCCC1. The Morgan fingerprint density at radius 2 is 1.85 bits per heavy atom. The molecule has 2 aromatic carbocycles. The molecule has 2 amide bonds. The number of rotatable bonds is 5. The summed E-state index contributed by atoms with van der Waals surface area (Å²) in [4.78, 5) is 27.4. The van der Waals surface area contributed by atoms with Crippen LogP contribution < -0.4 is 5.32 Å². The number of carbonyl (C=O) groups excluding carboxylic acids is 2. The lowest BCUT2D eigenvalue weighted by atomic mass is 10.0. The van der Waals surface area contributed by atoms with Crippen molar-refractivity contribution in [3.63, 3.8) is 0 Å². The lowest BCUT2D eigenvalue weighted by Crippen LogP contribution is -2.29.